The maximum Gasteiger partial charge on any atom is 0.269 e. The lowest BCUT2D eigenvalue weighted by Crippen LogP contribution is -3.15. The number of carbonyl (C=O) groups excluding carboxylic acids is 1. The number of benzene rings is 1. The molecule has 0 bridgehead atoms. The van der Waals surface area contributed by atoms with Crippen molar-refractivity contribution in [2.24, 2.45) is 0 Å². The lowest BCUT2D eigenvalue weighted by molar-refractivity contribution is -0.904. The summed E-state index contributed by atoms with van der Waals surface area (Å²) < 4.78 is 2.33. The van der Waals surface area contributed by atoms with Crippen molar-refractivity contribution in [3.8, 4) is 0 Å². The van der Waals surface area contributed by atoms with Crippen LogP contribution in [0.25, 0.3) is 0 Å². The number of nitrogens with zero attached hydrogens (tertiary/aromatic N) is 3. The molecule has 1 aromatic heterocycles. The number of amides is 1. The fourth-order valence-corrected chi connectivity index (χ4v) is 3.51. The van der Waals surface area contributed by atoms with Gasteiger partial charge in [-0.2, -0.15) is 0 Å². The molecule has 3 rings (SSSR count). The SMILES string of the molecule is Cc1ccc(C)n1CC[NH+]1CCN(C(=O)c2ccc([N+](=O)[O-])cc2)CC1. The van der Waals surface area contributed by atoms with Gasteiger partial charge in [-0.25, -0.2) is 0 Å². The number of carbonyl (C=O) groups is 1. The molecule has 0 spiro atoms. The average Bonchev–Trinajstić information content (AvgIpc) is 2.98. The first-order chi connectivity index (χ1) is 12.5. The summed E-state index contributed by atoms with van der Waals surface area (Å²) >= 11 is 0. The normalized spacial score (nSPS) is 15.2. The summed E-state index contributed by atoms with van der Waals surface area (Å²) in [5, 5.41) is 10.7. The van der Waals surface area contributed by atoms with Gasteiger partial charge in [0.1, 0.15) is 0 Å². The number of hydrogen-bond donors (Lipinski definition) is 1. The van der Waals surface area contributed by atoms with E-state index in [0.717, 1.165) is 39.3 Å². The van der Waals surface area contributed by atoms with E-state index in [1.807, 2.05) is 4.90 Å². The van der Waals surface area contributed by atoms with Crippen molar-refractivity contribution in [1.29, 1.82) is 0 Å². The number of aryl methyl sites for hydroxylation is 2. The fourth-order valence-electron chi connectivity index (χ4n) is 3.51. The van der Waals surface area contributed by atoms with Crippen LogP contribution in [0.3, 0.4) is 0 Å². The van der Waals surface area contributed by atoms with Gasteiger partial charge in [-0.1, -0.05) is 0 Å². The third kappa shape index (κ3) is 3.94. The Hall–Kier alpha value is -2.67. The van der Waals surface area contributed by atoms with Gasteiger partial charge in [-0.3, -0.25) is 14.9 Å². The molecule has 1 aliphatic rings. The number of nitrogens with one attached hydrogen (secondary N) is 1. The molecule has 7 nitrogen and oxygen atoms in total. The van der Waals surface area contributed by atoms with Crippen molar-refractivity contribution in [2.45, 2.75) is 20.4 Å². The van der Waals surface area contributed by atoms with Crippen molar-refractivity contribution in [3.63, 3.8) is 0 Å². The van der Waals surface area contributed by atoms with Gasteiger partial charge in [0, 0.05) is 29.1 Å². The molecule has 26 heavy (non-hydrogen) atoms. The molecule has 0 aliphatic carbocycles. The molecule has 0 atom stereocenters. The van der Waals surface area contributed by atoms with Gasteiger partial charge in [-0.15, -0.1) is 0 Å². The predicted octanol–water partition coefficient (Wildman–Crippen LogP) is 1.05. The topological polar surface area (TPSA) is 72.8 Å². The smallest absolute Gasteiger partial charge is 0.269 e. The number of quaternary nitrogens is 1. The van der Waals surface area contributed by atoms with Gasteiger partial charge in [0.2, 0.25) is 0 Å². The lowest BCUT2D eigenvalue weighted by atomic mass is 10.1. The summed E-state index contributed by atoms with van der Waals surface area (Å²) in [4.78, 5) is 26.2. The quantitative estimate of drug-likeness (QED) is 0.642. The lowest BCUT2D eigenvalue weighted by Gasteiger charge is -2.32. The van der Waals surface area contributed by atoms with Crippen LogP contribution in [0.4, 0.5) is 5.69 Å². The minimum Gasteiger partial charge on any atom is -0.344 e. The Labute approximate surface area is 153 Å². The van der Waals surface area contributed by atoms with E-state index in [0.29, 0.717) is 5.56 Å². The Morgan fingerprint density at radius 3 is 2.19 bits per heavy atom. The second-order valence-electron chi connectivity index (χ2n) is 6.86. The third-order valence-electron chi connectivity index (χ3n) is 5.19. The standard InChI is InChI=1S/C19H24N4O3/c1-15-3-4-16(2)22(15)14-11-20-9-12-21(13-10-20)19(24)17-5-7-18(8-6-17)23(25)26/h3-8H,9-14H2,1-2H3/p+1. The van der Waals surface area contributed by atoms with Gasteiger partial charge in [-0.05, 0) is 38.1 Å². The molecular formula is C19H25N4O3+. The first-order valence-electron chi connectivity index (χ1n) is 8.96. The van der Waals surface area contributed by atoms with E-state index in [1.54, 1.807) is 0 Å². The van der Waals surface area contributed by atoms with Crippen molar-refractivity contribution in [3.05, 3.63) is 63.5 Å². The van der Waals surface area contributed by atoms with Crippen LogP contribution in [-0.4, -0.2) is 53.0 Å². The number of piperazine rings is 1. The number of nitro groups is 1. The van der Waals surface area contributed by atoms with Crippen LogP contribution in [0.2, 0.25) is 0 Å². The molecule has 1 aliphatic heterocycles. The Kier molecular flexibility index (Phi) is 5.37. The van der Waals surface area contributed by atoms with Gasteiger partial charge in [0.25, 0.3) is 11.6 Å². The molecular weight excluding hydrogens is 332 g/mol. The van der Waals surface area contributed by atoms with Crippen LogP contribution < -0.4 is 4.90 Å². The summed E-state index contributed by atoms with van der Waals surface area (Å²) in [6, 6.07) is 10.1. The second-order valence-corrected chi connectivity index (χ2v) is 6.86. The van der Waals surface area contributed by atoms with Crippen LogP contribution >= 0.6 is 0 Å². The van der Waals surface area contributed by atoms with Gasteiger partial charge < -0.3 is 14.4 Å². The second kappa shape index (κ2) is 7.70. The molecule has 0 radical (unpaired) electrons. The van der Waals surface area contributed by atoms with Crippen LogP contribution in [0.5, 0.6) is 0 Å². The number of non-ortho nitro benzene ring substituents is 1. The summed E-state index contributed by atoms with van der Waals surface area (Å²) in [5.41, 5.74) is 3.09. The van der Waals surface area contributed by atoms with E-state index in [-0.39, 0.29) is 11.6 Å². The molecule has 0 unspecified atom stereocenters. The van der Waals surface area contributed by atoms with Crippen LogP contribution in [0, 0.1) is 24.0 Å². The maximum absolute atomic E-state index is 12.6. The predicted molar refractivity (Wildman–Crippen MR) is 98.5 cm³/mol. The van der Waals surface area contributed by atoms with E-state index in [4.69, 9.17) is 0 Å². The monoisotopic (exact) mass is 357 g/mol. The van der Waals surface area contributed by atoms with Gasteiger partial charge >= 0.3 is 0 Å². The minimum atomic E-state index is -0.454. The average molecular weight is 357 g/mol. The Morgan fingerprint density at radius 1 is 1.08 bits per heavy atom. The maximum atomic E-state index is 12.6. The highest BCUT2D eigenvalue weighted by atomic mass is 16.6. The highest BCUT2D eigenvalue weighted by Gasteiger charge is 2.24. The molecule has 138 valence electrons. The van der Waals surface area contributed by atoms with Crippen molar-refractivity contribution in [2.75, 3.05) is 32.7 Å². The first-order valence-corrected chi connectivity index (χ1v) is 8.96. The summed E-state index contributed by atoms with van der Waals surface area (Å²) in [7, 11) is 0. The zero-order valence-corrected chi connectivity index (χ0v) is 15.3. The highest BCUT2D eigenvalue weighted by Crippen LogP contribution is 2.13. The molecule has 2 heterocycles. The molecule has 0 saturated carbocycles. The van der Waals surface area contributed by atoms with E-state index in [1.165, 1.54) is 40.6 Å². The minimum absolute atomic E-state index is 0.00594. The van der Waals surface area contributed by atoms with Crippen LogP contribution in [0.15, 0.2) is 36.4 Å². The number of nitro benzene ring substituents is 1. The van der Waals surface area contributed by atoms with Gasteiger partial charge in [0.15, 0.2) is 0 Å². The van der Waals surface area contributed by atoms with Crippen molar-refractivity contribution in [1.82, 2.24) is 9.47 Å². The largest absolute Gasteiger partial charge is 0.344 e. The third-order valence-corrected chi connectivity index (χ3v) is 5.19. The highest BCUT2D eigenvalue weighted by molar-refractivity contribution is 5.94. The van der Waals surface area contributed by atoms with Crippen molar-refractivity contribution >= 4 is 11.6 Å². The first kappa shape index (κ1) is 18.1. The van der Waals surface area contributed by atoms with Crippen LogP contribution in [0.1, 0.15) is 21.7 Å². The molecule has 7 heteroatoms. The molecule has 1 saturated heterocycles. The summed E-state index contributed by atoms with van der Waals surface area (Å²) in [6.07, 6.45) is 0. The number of rotatable bonds is 5. The fraction of sp³-hybridized carbons (Fsp3) is 0.421. The Morgan fingerprint density at radius 2 is 1.65 bits per heavy atom. The molecule has 1 N–H and O–H groups in total. The molecule has 2 aromatic rings. The molecule has 1 amide bonds. The zero-order valence-electron chi connectivity index (χ0n) is 15.3. The Balaban J connectivity index is 1.51. The number of aromatic nitrogens is 1. The molecule has 1 aromatic carbocycles. The number of hydrogen-bond acceptors (Lipinski definition) is 3. The van der Waals surface area contributed by atoms with E-state index >= 15 is 0 Å². The molecule has 1 fully saturated rings. The zero-order chi connectivity index (χ0) is 18.7. The Bertz CT molecular complexity index is 770. The van der Waals surface area contributed by atoms with E-state index < -0.39 is 4.92 Å². The van der Waals surface area contributed by atoms with E-state index in [9.17, 15) is 14.9 Å². The van der Waals surface area contributed by atoms with E-state index in [2.05, 4.69) is 30.5 Å². The van der Waals surface area contributed by atoms with Crippen LogP contribution in [-0.2, 0) is 6.54 Å². The van der Waals surface area contributed by atoms with Gasteiger partial charge in [0.05, 0.1) is 44.2 Å². The summed E-state index contributed by atoms with van der Waals surface area (Å²) in [5.74, 6) is -0.0453. The summed E-state index contributed by atoms with van der Waals surface area (Å²) in [6.45, 7) is 9.60. The van der Waals surface area contributed by atoms with Crippen molar-refractivity contribution < 1.29 is 14.6 Å².